The van der Waals surface area contributed by atoms with Gasteiger partial charge < -0.3 is 5.11 Å². The van der Waals surface area contributed by atoms with Crippen LogP contribution in [0.3, 0.4) is 0 Å². The van der Waals surface area contributed by atoms with Crippen LogP contribution in [0.2, 0.25) is 0 Å². The van der Waals surface area contributed by atoms with E-state index in [1.807, 2.05) is 42.5 Å². The van der Waals surface area contributed by atoms with Crippen molar-refractivity contribution >= 4 is 5.97 Å². The van der Waals surface area contributed by atoms with Crippen molar-refractivity contribution in [2.45, 2.75) is 25.2 Å². The lowest BCUT2D eigenvalue weighted by Gasteiger charge is -2.32. The largest absolute Gasteiger partial charge is 0.481 e. The van der Waals surface area contributed by atoms with Crippen LogP contribution in [-0.2, 0) is 17.6 Å². The SMILES string of the molecule is O=C(O)C(Cc1ccccc1)CC1Cc2ccccc21. The highest BCUT2D eigenvalue weighted by Crippen LogP contribution is 2.39. The highest BCUT2D eigenvalue weighted by molar-refractivity contribution is 5.70. The smallest absolute Gasteiger partial charge is 0.306 e. The first kappa shape index (κ1) is 12.9. The summed E-state index contributed by atoms with van der Waals surface area (Å²) in [5.41, 5.74) is 3.82. The molecule has 2 unspecified atom stereocenters. The van der Waals surface area contributed by atoms with Crippen molar-refractivity contribution in [1.82, 2.24) is 0 Å². The zero-order valence-corrected chi connectivity index (χ0v) is 11.3. The summed E-state index contributed by atoms with van der Waals surface area (Å²) in [6, 6.07) is 18.3. The third-order valence-electron chi connectivity index (χ3n) is 4.20. The Bertz CT molecular complexity index is 604. The lowest BCUT2D eigenvalue weighted by molar-refractivity contribution is -0.142. The maximum Gasteiger partial charge on any atom is 0.306 e. The zero-order chi connectivity index (χ0) is 13.9. The molecule has 0 heterocycles. The average Bonchev–Trinajstić information content (AvgIpc) is 2.44. The summed E-state index contributed by atoms with van der Waals surface area (Å²) in [6.07, 6.45) is 2.38. The molecule has 2 aromatic rings. The molecule has 0 radical (unpaired) electrons. The quantitative estimate of drug-likeness (QED) is 0.896. The van der Waals surface area contributed by atoms with Crippen LogP contribution in [0.5, 0.6) is 0 Å². The summed E-state index contributed by atoms with van der Waals surface area (Å²) in [5.74, 6) is -0.565. The number of carbonyl (C=O) groups is 1. The Morgan fingerprint density at radius 3 is 2.50 bits per heavy atom. The second kappa shape index (κ2) is 5.49. The van der Waals surface area contributed by atoms with Gasteiger partial charge in [-0.05, 0) is 41.9 Å². The van der Waals surface area contributed by atoms with Gasteiger partial charge in [-0.15, -0.1) is 0 Å². The van der Waals surface area contributed by atoms with E-state index < -0.39 is 5.97 Å². The van der Waals surface area contributed by atoms with E-state index in [2.05, 4.69) is 12.1 Å². The molecular weight excluding hydrogens is 248 g/mol. The Labute approximate surface area is 119 Å². The molecule has 0 aliphatic heterocycles. The van der Waals surface area contributed by atoms with E-state index >= 15 is 0 Å². The fraction of sp³-hybridized carbons (Fsp3) is 0.278. The average molecular weight is 266 g/mol. The van der Waals surface area contributed by atoms with Gasteiger partial charge in [-0.1, -0.05) is 54.6 Å². The Kier molecular flexibility index (Phi) is 3.55. The molecule has 0 amide bonds. The maximum atomic E-state index is 11.5. The summed E-state index contributed by atoms with van der Waals surface area (Å²) in [6.45, 7) is 0. The molecular formula is C18H18O2. The highest BCUT2D eigenvalue weighted by atomic mass is 16.4. The zero-order valence-electron chi connectivity index (χ0n) is 11.3. The van der Waals surface area contributed by atoms with Crippen LogP contribution in [0.25, 0.3) is 0 Å². The van der Waals surface area contributed by atoms with E-state index in [-0.39, 0.29) is 5.92 Å². The van der Waals surface area contributed by atoms with Gasteiger partial charge in [-0.3, -0.25) is 4.79 Å². The number of aliphatic carboxylic acids is 1. The van der Waals surface area contributed by atoms with Gasteiger partial charge in [-0.25, -0.2) is 0 Å². The van der Waals surface area contributed by atoms with Crippen molar-refractivity contribution in [2.75, 3.05) is 0 Å². The van der Waals surface area contributed by atoms with Crippen LogP contribution < -0.4 is 0 Å². The van der Waals surface area contributed by atoms with Crippen molar-refractivity contribution in [3.05, 3.63) is 71.3 Å². The van der Waals surface area contributed by atoms with Gasteiger partial charge in [0.1, 0.15) is 0 Å². The molecule has 2 heteroatoms. The second-order valence-corrected chi connectivity index (χ2v) is 5.56. The van der Waals surface area contributed by atoms with Crippen molar-refractivity contribution < 1.29 is 9.90 Å². The minimum absolute atomic E-state index is 0.296. The molecule has 1 aliphatic rings. The minimum Gasteiger partial charge on any atom is -0.481 e. The van der Waals surface area contributed by atoms with E-state index in [4.69, 9.17) is 0 Å². The summed E-state index contributed by atoms with van der Waals surface area (Å²) in [5, 5.41) is 9.45. The minimum atomic E-state index is -0.682. The van der Waals surface area contributed by atoms with Crippen LogP contribution in [0.1, 0.15) is 29.0 Å². The van der Waals surface area contributed by atoms with E-state index in [9.17, 15) is 9.90 Å². The van der Waals surface area contributed by atoms with Crippen molar-refractivity contribution in [3.8, 4) is 0 Å². The number of fused-ring (bicyclic) bond motifs is 1. The number of carboxylic acids is 1. The topological polar surface area (TPSA) is 37.3 Å². The number of carboxylic acid groups (broad SMARTS) is 1. The van der Waals surface area contributed by atoms with Crippen molar-refractivity contribution in [1.29, 1.82) is 0 Å². The molecule has 3 rings (SSSR count). The van der Waals surface area contributed by atoms with Crippen LogP contribution in [0.15, 0.2) is 54.6 Å². The van der Waals surface area contributed by atoms with Gasteiger partial charge in [0.05, 0.1) is 5.92 Å². The molecule has 0 fully saturated rings. The van der Waals surface area contributed by atoms with Crippen molar-refractivity contribution in [3.63, 3.8) is 0 Å². The van der Waals surface area contributed by atoms with Gasteiger partial charge in [0.25, 0.3) is 0 Å². The first-order chi connectivity index (χ1) is 9.74. The molecule has 2 atom stereocenters. The van der Waals surface area contributed by atoms with Gasteiger partial charge in [-0.2, -0.15) is 0 Å². The molecule has 0 spiro atoms. The Hall–Kier alpha value is -2.09. The predicted octanol–water partition coefficient (Wildman–Crippen LogP) is 3.66. The molecule has 2 nitrogen and oxygen atoms in total. The van der Waals surface area contributed by atoms with Crippen LogP contribution in [-0.4, -0.2) is 11.1 Å². The van der Waals surface area contributed by atoms with E-state index in [1.165, 1.54) is 11.1 Å². The summed E-state index contributed by atoms with van der Waals surface area (Å²) >= 11 is 0. The first-order valence-electron chi connectivity index (χ1n) is 7.08. The molecule has 0 saturated carbocycles. The van der Waals surface area contributed by atoms with Crippen molar-refractivity contribution in [2.24, 2.45) is 5.92 Å². The fourth-order valence-corrected chi connectivity index (χ4v) is 3.09. The fourth-order valence-electron chi connectivity index (χ4n) is 3.09. The lowest BCUT2D eigenvalue weighted by atomic mass is 9.72. The Balaban J connectivity index is 1.69. The van der Waals surface area contributed by atoms with Crippen LogP contribution >= 0.6 is 0 Å². The normalized spacial score (nSPS) is 17.9. The molecule has 2 aromatic carbocycles. The maximum absolute atomic E-state index is 11.5. The summed E-state index contributed by atoms with van der Waals surface area (Å²) in [4.78, 5) is 11.5. The van der Waals surface area contributed by atoms with Gasteiger partial charge >= 0.3 is 5.97 Å². The van der Waals surface area contributed by atoms with Crippen LogP contribution in [0, 0.1) is 5.92 Å². The van der Waals surface area contributed by atoms with E-state index in [0.29, 0.717) is 12.3 Å². The third-order valence-corrected chi connectivity index (χ3v) is 4.20. The predicted molar refractivity (Wildman–Crippen MR) is 78.8 cm³/mol. The van der Waals surface area contributed by atoms with Crippen LogP contribution in [0.4, 0.5) is 0 Å². The Morgan fingerprint density at radius 2 is 1.80 bits per heavy atom. The monoisotopic (exact) mass is 266 g/mol. The van der Waals surface area contributed by atoms with Gasteiger partial charge in [0.15, 0.2) is 0 Å². The number of hydrogen-bond donors (Lipinski definition) is 1. The van der Waals surface area contributed by atoms with E-state index in [0.717, 1.165) is 18.4 Å². The second-order valence-electron chi connectivity index (χ2n) is 5.56. The molecule has 0 bridgehead atoms. The lowest BCUT2D eigenvalue weighted by Crippen LogP contribution is -2.25. The molecule has 0 saturated heterocycles. The summed E-state index contributed by atoms with van der Waals surface area (Å²) < 4.78 is 0. The highest BCUT2D eigenvalue weighted by Gasteiger charge is 2.30. The molecule has 102 valence electrons. The van der Waals surface area contributed by atoms with E-state index in [1.54, 1.807) is 0 Å². The Morgan fingerprint density at radius 1 is 1.10 bits per heavy atom. The third kappa shape index (κ3) is 2.60. The van der Waals surface area contributed by atoms with Gasteiger partial charge in [0, 0.05) is 0 Å². The van der Waals surface area contributed by atoms with Gasteiger partial charge in [0.2, 0.25) is 0 Å². The standard InChI is InChI=1S/C18H18O2/c19-18(20)16(10-13-6-2-1-3-7-13)12-15-11-14-8-4-5-9-17(14)15/h1-9,15-16H,10-12H2,(H,19,20). The number of rotatable bonds is 5. The number of benzene rings is 2. The molecule has 0 aromatic heterocycles. The molecule has 1 N–H and O–H groups in total. The molecule has 20 heavy (non-hydrogen) atoms. The number of hydrogen-bond acceptors (Lipinski definition) is 1. The first-order valence-corrected chi connectivity index (χ1v) is 7.08. The summed E-state index contributed by atoms with van der Waals surface area (Å²) in [7, 11) is 0. The molecule has 1 aliphatic carbocycles.